The lowest BCUT2D eigenvalue weighted by atomic mass is 10.0. The van der Waals surface area contributed by atoms with Crippen LogP contribution in [-0.2, 0) is 0 Å². The van der Waals surface area contributed by atoms with Crippen molar-refractivity contribution in [1.82, 2.24) is 5.32 Å². The molecular weight excluding hydrogens is 198 g/mol. The monoisotopic (exact) mass is 213 g/mol. The number of hydrogen-bond donors (Lipinski definition) is 1. The van der Waals surface area contributed by atoms with E-state index >= 15 is 0 Å². The third-order valence-electron chi connectivity index (χ3n) is 2.25. The number of halogens is 1. The Morgan fingerprint density at radius 1 is 1.50 bits per heavy atom. The molecule has 2 nitrogen and oxygen atoms in total. The maximum Gasteiger partial charge on any atom is 0.120 e. The van der Waals surface area contributed by atoms with Crippen molar-refractivity contribution in [3.8, 4) is 5.75 Å². The van der Waals surface area contributed by atoms with E-state index in [0.717, 1.165) is 22.9 Å². The van der Waals surface area contributed by atoms with Gasteiger partial charge in [0.05, 0.1) is 7.11 Å². The quantitative estimate of drug-likeness (QED) is 0.831. The van der Waals surface area contributed by atoms with Crippen molar-refractivity contribution in [1.29, 1.82) is 0 Å². The Morgan fingerprint density at radius 2 is 2.21 bits per heavy atom. The topological polar surface area (TPSA) is 21.3 Å². The molecule has 0 radical (unpaired) electrons. The molecule has 0 heterocycles. The van der Waals surface area contributed by atoms with Crippen LogP contribution in [-0.4, -0.2) is 20.7 Å². The molecule has 0 aromatic heterocycles. The van der Waals surface area contributed by atoms with Crippen LogP contribution in [0, 0.1) is 0 Å². The summed E-state index contributed by atoms with van der Waals surface area (Å²) < 4.78 is 5.09. The smallest absolute Gasteiger partial charge is 0.120 e. The lowest BCUT2D eigenvalue weighted by Gasteiger charge is -2.13. The van der Waals surface area contributed by atoms with Crippen molar-refractivity contribution < 1.29 is 4.74 Å². The summed E-state index contributed by atoms with van der Waals surface area (Å²) in [4.78, 5) is 0. The molecule has 0 spiro atoms. The molecule has 0 fully saturated rings. The van der Waals surface area contributed by atoms with Crippen molar-refractivity contribution in [2.45, 2.75) is 12.8 Å². The zero-order chi connectivity index (χ0) is 10.6. The molecule has 0 aliphatic carbocycles. The Hall–Kier alpha value is -0.730. The number of methoxy groups -OCH3 is 1. The van der Waals surface area contributed by atoms with E-state index in [0.29, 0.717) is 5.92 Å². The number of hydrogen-bond acceptors (Lipinski definition) is 2. The van der Waals surface area contributed by atoms with Crippen LogP contribution in [0.4, 0.5) is 0 Å². The van der Waals surface area contributed by atoms with Crippen LogP contribution in [0.3, 0.4) is 0 Å². The van der Waals surface area contributed by atoms with E-state index < -0.39 is 0 Å². The molecule has 1 aromatic rings. The van der Waals surface area contributed by atoms with E-state index in [9.17, 15) is 0 Å². The van der Waals surface area contributed by atoms with Crippen LogP contribution in [0.25, 0.3) is 0 Å². The Balaban J connectivity index is 2.88. The molecule has 1 aromatic carbocycles. The van der Waals surface area contributed by atoms with Crippen molar-refractivity contribution in [2.24, 2.45) is 0 Å². The van der Waals surface area contributed by atoms with Gasteiger partial charge in [-0.15, -0.1) is 0 Å². The summed E-state index contributed by atoms with van der Waals surface area (Å²) in [5.74, 6) is 1.22. The first-order chi connectivity index (χ1) is 6.69. The highest BCUT2D eigenvalue weighted by Gasteiger charge is 2.09. The largest absolute Gasteiger partial charge is 0.497 e. The van der Waals surface area contributed by atoms with E-state index in [2.05, 4.69) is 12.2 Å². The van der Waals surface area contributed by atoms with Gasteiger partial charge in [0.1, 0.15) is 5.75 Å². The van der Waals surface area contributed by atoms with Gasteiger partial charge < -0.3 is 10.1 Å². The lowest BCUT2D eigenvalue weighted by Crippen LogP contribution is -2.14. The highest BCUT2D eigenvalue weighted by Crippen LogP contribution is 2.27. The zero-order valence-electron chi connectivity index (χ0n) is 8.80. The fraction of sp³-hybridized carbons (Fsp3) is 0.455. The summed E-state index contributed by atoms with van der Waals surface area (Å²) >= 11 is 6.13. The third-order valence-corrected chi connectivity index (χ3v) is 2.58. The second-order valence-corrected chi connectivity index (χ2v) is 3.75. The Morgan fingerprint density at radius 3 is 2.71 bits per heavy atom. The van der Waals surface area contributed by atoms with E-state index in [1.54, 1.807) is 7.11 Å². The van der Waals surface area contributed by atoms with E-state index in [-0.39, 0.29) is 0 Å². The lowest BCUT2D eigenvalue weighted by molar-refractivity contribution is 0.414. The predicted molar refractivity (Wildman–Crippen MR) is 60.3 cm³/mol. The van der Waals surface area contributed by atoms with Crippen LogP contribution in [0.1, 0.15) is 18.4 Å². The van der Waals surface area contributed by atoms with Gasteiger partial charge in [0.15, 0.2) is 0 Å². The molecule has 1 rings (SSSR count). The minimum atomic E-state index is 0.415. The van der Waals surface area contributed by atoms with Crippen molar-refractivity contribution in [3.05, 3.63) is 28.8 Å². The minimum Gasteiger partial charge on any atom is -0.497 e. The van der Waals surface area contributed by atoms with Crippen molar-refractivity contribution >= 4 is 11.6 Å². The van der Waals surface area contributed by atoms with Crippen molar-refractivity contribution in [2.75, 3.05) is 20.7 Å². The van der Waals surface area contributed by atoms with Gasteiger partial charge in [0, 0.05) is 11.6 Å². The average Bonchev–Trinajstić information content (AvgIpc) is 2.17. The summed E-state index contributed by atoms with van der Waals surface area (Å²) in [6, 6.07) is 5.81. The minimum absolute atomic E-state index is 0.415. The molecule has 1 unspecified atom stereocenters. The number of nitrogens with one attached hydrogen (secondary N) is 1. The highest BCUT2D eigenvalue weighted by molar-refractivity contribution is 6.31. The SMILES string of the molecule is CNCC(C)c1ccc(OC)cc1Cl. The van der Waals surface area contributed by atoms with Gasteiger partial charge in [-0.2, -0.15) is 0 Å². The fourth-order valence-corrected chi connectivity index (χ4v) is 1.81. The molecule has 78 valence electrons. The van der Waals surface area contributed by atoms with Crippen LogP contribution < -0.4 is 10.1 Å². The number of likely N-dealkylation sites (N-methyl/N-ethyl adjacent to an activating group) is 1. The summed E-state index contributed by atoms with van der Waals surface area (Å²) in [7, 11) is 3.58. The molecule has 0 amide bonds. The van der Waals surface area contributed by atoms with Gasteiger partial charge in [-0.3, -0.25) is 0 Å². The Labute approximate surface area is 90.2 Å². The summed E-state index contributed by atoms with van der Waals surface area (Å²) in [6.45, 7) is 3.07. The first-order valence-corrected chi connectivity index (χ1v) is 5.05. The number of benzene rings is 1. The van der Waals surface area contributed by atoms with Gasteiger partial charge >= 0.3 is 0 Å². The Bertz CT molecular complexity index is 301. The standard InChI is InChI=1S/C11H16ClNO/c1-8(7-13-2)10-5-4-9(14-3)6-11(10)12/h4-6,8,13H,7H2,1-3H3. The van der Waals surface area contributed by atoms with E-state index in [1.165, 1.54) is 0 Å². The second-order valence-electron chi connectivity index (χ2n) is 3.35. The predicted octanol–water partition coefficient (Wildman–Crippen LogP) is 2.67. The molecule has 0 aliphatic rings. The summed E-state index contributed by atoms with van der Waals surface area (Å²) in [6.07, 6.45) is 0. The van der Waals surface area contributed by atoms with E-state index in [4.69, 9.17) is 16.3 Å². The van der Waals surface area contributed by atoms with Crippen LogP contribution in [0.2, 0.25) is 5.02 Å². The van der Waals surface area contributed by atoms with Crippen LogP contribution in [0.5, 0.6) is 5.75 Å². The molecule has 3 heteroatoms. The van der Waals surface area contributed by atoms with Crippen LogP contribution >= 0.6 is 11.6 Å². The maximum absolute atomic E-state index is 6.13. The summed E-state index contributed by atoms with van der Waals surface area (Å²) in [5.41, 5.74) is 1.15. The first kappa shape index (κ1) is 11.3. The normalized spacial score (nSPS) is 12.6. The number of ether oxygens (including phenoxy) is 1. The fourth-order valence-electron chi connectivity index (χ4n) is 1.45. The van der Waals surface area contributed by atoms with Gasteiger partial charge in [0.25, 0.3) is 0 Å². The highest BCUT2D eigenvalue weighted by atomic mass is 35.5. The molecular formula is C11H16ClNO. The molecule has 0 saturated heterocycles. The summed E-state index contributed by atoms with van der Waals surface area (Å²) in [5, 5.41) is 3.90. The number of rotatable bonds is 4. The molecule has 1 N–H and O–H groups in total. The zero-order valence-corrected chi connectivity index (χ0v) is 9.56. The van der Waals surface area contributed by atoms with E-state index in [1.807, 2.05) is 25.2 Å². The van der Waals surface area contributed by atoms with Crippen molar-refractivity contribution in [3.63, 3.8) is 0 Å². The molecule has 0 bridgehead atoms. The maximum atomic E-state index is 6.13. The first-order valence-electron chi connectivity index (χ1n) is 4.67. The van der Waals surface area contributed by atoms with Gasteiger partial charge in [0.2, 0.25) is 0 Å². The molecule has 14 heavy (non-hydrogen) atoms. The Kier molecular flexibility index (Phi) is 4.23. The molecule has 1 atom stereocenters. The molecule has 0 saturated carbocycles. The van der Waals surface area contributed by atoms with Gasteiger partial charge in [-0.25, -0.2) is 0 Å². The van der Waals surface area contributed by atoms with Gasteiger partial charge in [-0.1, -0.05) is 24.6 Å². The molecule has 0 aliphatic heterocycles. The van der Waals surface area contributed by atoms with Gasteiger partial charge in [-0.05, 0) is 30.7 Å². The second kappa shape index (κ2) is 5.23. The third kappa shape index (κ3) is 2.63. The van der Waals surface area contributed by atoms with Crippen LogP contribution in [0.15, 0.2) is 18.2 Å². The average molecular weight is 214 g/mol.